The largest absolute Gasteiger partial charge is 0.505 e. The van der Waals surface area contributed by atoms with Gasteiger partial charge >= 0.3 is 16.9 Å². The van der Waals surface area contributed by atoms with Gasteiger partial charge in [-0.2, -0.15) is 0 Å². The zero-order valence-corrected chi connectivity index (χ0v) is 66.9. The molecule has 1 saturated heterocycles. The molecule has 0 bridgehead atoms. The molecule has 0 unspecified atom stereocenters. The SMILES string of the molecule is O=c1oc2c(c(O)c1Sc1ccccc1F)c(=O)n(-c1ccccc1)c1cc(OC[C@@H](O)CNCCO)ccc21.O=c1oc2c(c(O)c1Sc1ccccc1F)c(=O)n(-c1ccccc1)c1cc(OC[C@H](O)CN3CCOCC3)ccc21.O=c1oc2c(c(O)c1Sc1ccccc1F)c(=O)n(-c1ccccc1)c1cc(OC[C@H](O)CNCCO)ccc21. The summed E-state index contributed by atoms with van der Waals surface area (Å²) in [7, 11) is 0. The average Bonchev–Trinajstić information content (AvgIpc) is 0.739. The van der Waals surface area contributed by atoms with Crippen LogP contribution in [0.25, 0.3) is 82.7 Å². The Labute approximate surface area is 701 Å². The van der Waals surface area contributed by atoms with Crippen molar-refractivity contribution in [3.05, 3.63) is 298 Å². The number of rotatable bonds is 28. The molecular weight excluding hydrogens is 1640 g/mol. The third kappa shape index (κ3) is 19.1. The number of morpholine rings is 1. The van der Waals surface area contributed by atoms with Crippen molar-refractivity contribution in [2.45, 2.75) is 47.7 Å². The molecule has 0 spiro atoms. The number of aromatic nitrogens is 3. The lowest BCUT2D eigenvalue weighted by atomic mass is 10.1. The van der Waals surface area contributed by atoms with Gasteiger partial charge in [0.05, 0.1) is 43.0 Å². The van der Waals surface area contributed by atoms with E-state index < -0.39 is 86.6 Å². The molecule has 3 atom stereocenters. The van der Waals surface area contributed by atoms with E-state index in [-0.39, 0.29) is 108 Å². The lowest BCUT2D eigenvalue weighted by Crippen LogP contribution is -2.42. The van der Waals surface area contributed by atoms with Crippen molar-refractivity contribution < 1.29 is 86.2 Å². The molecule has 1 aliphatic heterocycles. The molecule has 10 N–H and O–H groups in total. The van der Waals surface area contributed by atoms with Gasteiger partial charge in [0.1, 0.15) is 104 Å². The van der Waals surface area contributed by atoms with Crippen LogP contribution in [0.2, 0.25) is 0 Å². The molecule has 1 aliphatic rings. The third-order valence-electron chi connectivity index (χ3n) is 19.2. The van der Waals surface area contributed by atoms with E-state index in [0.717, 1.165) is 13.1 Å². The first-order valence-corrected chi connectivity index (χ1v) is 40.6. The van der Waals surface area contributed by atoms with Gasteiger partial charge in [-0.1, -0.05) is 126 Å². The number of pyridine rings is 3. The molecule has 9 aromatic carbocycles. The number of nitrogens with one attached hydrogen (secondary N) is 2. The molecule has 16 rings (SSSR count). The summed E-state index contributed by atoms with van der Waals surface area (Å²) in [5, 5.41) is 88.4. The molecule has 122 heavy (non-hydrogen) atoms. The van der Waals surface area contributed by atoms with E-state index in [1.807, 2.05) is 6.07 Å². The second-order valence-corrected chi connectivity index (χ2v) is 30.7. The molecule has 0 amide bonds. The molecule has 0 saturated carbocycles. The van der Waals surface area contributed by atoms with Crippen LogP contribution in [0.3, 0.4) is 0 Å². The fourth-order valence-electron chi connectivity index (χ4n) is 13.5. The molecule has 7 heterocycles. The highest BCUT2D eigenvalue weighted by Crippen LogP contribution is 2.43. The molecule has 27 nitrogen and oxygen atoms in total. The van der Waals surface area contributed by atoms with Gasteiger partial charge in [-0.25, -0.2) is 27.6 Å². The molecule has 6 aromatic heterocycles. The van der Waals surface area contributed by atoms with Crippen LogP contribution >= 0.6 is 35.3 Å². The molecule has 33 heteroatoms. The van der Waals surface area contributed by atoms with Gasteiger partial charge < -0.3 is 83.7 Å². The van der Waals surface area contributed by atoms with E-state index in [2.05, 4.69) is 15.5 Å². The van der Waals surface area contributed by atoms with Crippen LogP contribution in [0.1, 0.15) is 0 Å². The number of hydrogen-bond donors (Lipinski definition) is 10. The fourth-order valence-corrected chi connectivity index (χ4v) is 16.1. The molecule has 1 fully saturated rings. The number of β-amino-alcohol motifs (C(OH)–C–C–N with tert-alkyl or cyclic N) is 1. The Bertz CT molecular complexity index is 6460. The highest BCUT2D eigenvalue weighted by molar-refractivity contribution is 8.00. The van der Waals surface area contributed by atoms with Crippen molar-refractivity contribution in [2.75, 3.05) is 92.1 Å². The van der Waals surface area contributed by atoms with E-state index in [0.29, 0.717) is 135 Å². The van der Waals surface area contributed by atoms with Crippen molar-refractivity contribution in [3.8, 4) is 51.6 Å². The summed E-state index contributed by atoms with van der Waals surface area (Å²) in [5.74, 6) is -2.47. The fraction of sp³-hybridized carbons (Fsp3) is 0.191. The predicted octanol–water partition coefficient (Wildman–Crippen LogP) is 11.0. The van der Waals surface area contributed by atoms with Crippen molar-refractivity contribution in [1.29, 1.82) is 0 Å². The van der Waals surface area contributed by atoms with E-state index in [4.69, 9.17) is 42.4 Å². The van der Waals surface area contributed by atoms with Gasteiger partial charge in [0.15, 0.2) is 34.0 Å². The van der Waals surface area contributed by atoms with Gasteiger partial charge in [-0.15, -0.1) is 0 Å². The van der Waals surface area contributed by atoms with Crippen LogP contribution in [-0.2, 0) is 4.74 Å². The second kappa shape index (κ2) is 39.4. The first-order valence-electron chi connectivity index (χ1n) is 38.1. The van der Waals surface area contributed by atoms with Gasteiger partial charge in [-0.3, -0.25) is 33.0 Å². The van der Waals surface area contributed by atoms with Crippen LogP contribution < -0.4 is 58.4 Å². The number of para-hydroxylation sites is 3. The molecule has 0 radical (unpaired) electrons. The molecule has 15 aromatic rings. The predicted molar refractivity (Wildman–Crippen MR) is 455 cm³/mol. The summed E-state index contributed by atoms with van der Waals surface area (Å²) in [6, 6.07) is 58.0. The Hall–Kier alpha value is -12.5. The lowest BCUT2D eigenvalue weighted by Gasteiger charge is -2.28. The Kier molecular flexibility index (Phi) is 27.7. The Morgan fingerprint density at radius 1 is 0.393 bits per heavy atom. The maximum Gasteiger partial charge on any atom is 0.354 e. The maximum atomic E-state index is 14.4. The third-order valence-corrected chi connectivity index (χ3v) is 22.6. The van der Waals surface area contributed by atoms with Gasteiger partial charge in [0.2, 0.25) is 0 Å². The van der Waals surface area contributed by atoms with Crippen LogP contribution in [-0.4, -0.2) is 170 Å². The molecular formula is C89H77F3N6O21S3. The zero-order chi connectivity index (χ0) is 85.7. The van der Waals surface area contributed by atoms with Gasteiger partial charge in [0, 0.05) is 112 Å². The van der Waals surface area contributed by atoms with Crippen LogP contribution in [0.5, 0.6) is 34.5 Å². The Morgan fingerprint density at radius 3 is 0.992 bits per heavy atom. The normalized spacial score (nSPS) is 13.1. The summed E-state index contributed by atoms with van der Waals surface area (Å²) in [4.78, 5) is 82.3. The van der Waals surface area contributed by atoms with Crippen molar-refractivity contribution in [1.82, 2.24) is 29.2 Å². The Morgan fingerprint density at radius 2 is 0.689 bits per heavy atom. The summed E-state index contributed by atoms with van der Waals surface area (Å²) < 4.78 is 86.6. The number of hydrogen-bond acceptors (Lipinski definition) is 27. The van der Waals surface area contributed by atoms with E-state index in [9.17, 15) is 72.6 Å². The van der Waals surface area contributed by atoms with E-state index in [1.54, 1.807) is 158 Å². The topological polar surface area (TPSA) is 383 Å². The highest BCUT2D eigenvalue weighted by Gasteiger charge is 2.29. The van der Waals surface area contributed by atoms with Gasteiger partial charge in [0.25, 0.3) is 16.7 Å². The monoisotopic (exact) mass is 1720 g/mol. The number of aliphatic hydroxyl groups excluding tert-OH is 5. The van der Waals surface area contributed by atoms with E-state index >= 15 is 0 Å². The van der Waals surface area contributed by atoms with Crippen molar-refractivity contribution >= 4 is 101 Å². The summed E-state index contributed by atoms with van der Waals surface area (Å²) in [6.45, 7) is 4.06. The molecule has 628 valence electrons. The van der Waals surface area contributed by atoms with Crippen LogP contribution in [0, 0.1) is 17.5 Å². The first kappa shape index (κ1) is 85.9. The maximum absolute atomic E-state index is 14.4. The summed E-state index contributed by atoms with van der Waals surface area (Å²) in [5.41, 5.74) is -2.50. The quantitative estimate of drug-likeness (QED) is 0.0161. The lowest BCUT2D eigenvalue weighted by molar-refractivity contribution is 0.00466. The van der Waals surface area contributed by atoms with Gasteiger partial charge in [-0.05, 0) is 109 Å². The minimum atomic E-state index is -0.921. The first-order chi connectivity index (χ1) is 59.2. The zero-order valence-electron chi connectivity index (χ0n) is 64.4. The number of aromatic hydroxyl groups is 3. The standard InChI is InChI=1S/C31H27FN2O7S.2C29H25FN2O7S/c32-23-8-4-5-9-25(23)42-29-27(36)26-28(41-31(29)38)22-11-10-21(40-18-20(35)17-33-12-14-39-15-13-33)16-24(22)34(30(26)37)19-6-2-1-3-7-19;2*30-21-8-4-5-9-23(21)40-27-25(35)24-26(39-29(27)37)20-11-10-19(38-16-18(34)15-31-12-13-33)14-22(20)32(28(24)36)17-6-2-1-3-7-17/h1-11,16,20,35-36H,12-15,17-18H2;2*1-11,14,18,31,33-35H,12-13,15-16H2/t20-;2*18-/m110/s1. The number of fused-ring (bicyclic) bond motifs is 9. The summed E-state index contributed by atoms with van der Waals surface area (Å²) >= 11 is 2.04. The second-order valence-electron chi connectivity index (χ2n) is 27.5. The number of halogens is 3. The summed E-state index contributed by atoms with van der Waals surface area (Å²) in [6.07, 6.45) is -2.45. The van der Waals surface area contributed by atoms with Crippen molar-refractivity contribution in [3.63, 3.8) is 0 Å². The minimum absolute atomic E-state index is 0.0263. The number of nitrogens with zero attached hydrogens (tertiary/aromatic N) is 4. The highest BCUT2D eigenvalue weighted by atomic mass is 32.2. The Balaban J connectivity index is 0.000000149. The number of aliphatic hydroxyl groups is 5. The van der Waals surface area contributed by atoms with E-state index in [1.165, 1.54) is 68.3 Å². The average molecular weight is 1720 g/mol. The molecule has 0 aliphatic carbocycles. The number of benzene rings is 9. The van der Waals surface area contributed by atoms with Crippen LogP contribution in [0.15, 0.2) is 290 Å². The number of ether oxygens (including phenoxy) is 4. The van der Waals surface area contributed by atoms with Crippen molar-refractivity contribution in [2.24, 2.45) is 0 Å². The minimum Gasteiger partial charge on any atom is -0.505 e. The smallest absolute Gasteiger partial charge is 0.354 e. The van der Waals surface area contributed by atoms with Crippen LogP contribution in [0.4, 0.5) is 13.2 Å².